The number of halogens is 3. The van der Waals surface area contributed by atoms with E-state index in [4.69, 9.17) is 26.1 Å². The average Bonchev–Trinajstić information content (AvgIpc) is 2.42. The van der Waals surface area contributed by atoms with Crippen molar-refractivity contribution in [3.8, 4) is 0 Å². The van der Waals surface area contributed by atoms with Gasteiger partial charge in [-0.25, -0.2) is 9.59 Å². The number of hydrogen-bond acceptors (Lipinski definition) is 6. The van der Waals surface area contributed by atoms with Crippen molar-refractivity contribution < 1.29 is 42.2 Å². The van der Waals surface area contributed by atoms with Crippen molar-refractivity contribution in [1.29, 1.82) is 0 Å². The summed E-state index contributed by atoms with van der Waals surface area (Å²) in [7, 11) is 0. The number of carbonyl (C=O) groups is 4. The molecule has 0 saturated carbocycles. The van der Waals surface area contributed by atoms with Gasteiger partial charge in [0.1, 0.15) is 6.04 Å². The first kappa shape index (κ1) is 22.9. The zero-order chi connectivity index (χ0) is 18.6. The van der Waals surface area contributed by atoms with Crippen LogP contribution in [0.2, 0.25) is 0 Å². The van der Waals surface area contributed by atoms with E-state index < -0.39 is 36.0 Å². The Labute approximate surface area is 129 Å². The van der Waals surface area contributed by atoms with Crippen molar-refractivity contribution in [2.24, 2.45) is 11.5 Å². The lowest BCUT2D eigenvalue weighted by molar-refractivity contribution is -0.192. The molecule has 2 amide bonds. The summed E-state index contributed by atoms with van der Waals surface area (Å²) in [6.07, 6.45) is -4.98. The molecule has 9 nitrogen and oxygen atoms in total. The zero-order valence-corrected chi connectivity index (χ0v) is 12.2. The lowest BCUT2D eigenvalue weighted by Crippen LogP contribution is -2.44. The highest BCUT2D eigenvalue weighted by Gasteiger charge is 2.38. The van der Waals surface area contributed by atoms with E-state index in [1.807, 2.05) is 0 Å². The molecule has 23 heavy (non-hydrogen) atoms. The van der Waals surface area contributed by atoms with Crippen LogP contribution in [-0.2, 0) is 23.9 Å². The first-order chi connectivity index (χ1) is 10.4. The molecule has 0 spiro atoms. The fourth-order valence-corrected chi connectivity index (χ4v) is 1.03. The van der Waals surface area contributed by atoms with Crippen LogP contribution in [0, 0.1) is 0 Å². The van der Waals surface area contributed by atoms with Gasteiger partial charge in [0.15, 0.2) is 0 Å². The summed E-state index contributed by atoms with van der Waals surface area (Å²) >= 11 is 0. The lowest BCUT2D eigenvalue weighted by atomic mass is 10.1. The van der Waals surface area contributed by atoms with E-state index in [0.29, 0.717) is 0 Å². The fourth-order valence-electron chi connectivity index (χ4n) is 1.03. The highest BCUT2D eigenvalue weighted by molar-refractivity contribution is 5.86. The van der Waals surface area contributed by atoms with Crippen LogP contribution in [-0.4, -0.2) is 54.2 Å². The van der Waals surface area contributed by atoms with Crippen molar-refractivity contribution in [2.75, 3.05) is 13.2 Å². The van der Waals surface area contributed by atoms with Gasteiger partial charge in [0.05, 0.1) is 13.2 Å². The molecule has 0 fully saturated rings. The summed E-state index contributed by atoms with van der Waals surface area (Å²) in [5, 5.41) is 9.49. The monoisotopic (exact) mass is 345 g/mol. The topological polar surface area (TPSA) is 162 Å². The van der Waals surface area contributed by atoms with Crippen molar-refractivity contribution in [2.45, 2.75) is 32.0 Å². The Morgan fingerprint density at radius 2 is 1.74 bits per heavy atom. The second-order valence-corrected chi connectivity index (χ2v) is 3.88. The maximum absolute atomic E-state index is 11.4. The molecule has 0 saturated heterocycles. The molecule has 0 radical (unpaired) electrons. The Balaban J connectivity index is 0. The standard InChI is InChI=1S/C9H17N3O4.C2HF3O2/c1-2-16-9(15)6(3-4-7(11)13)12-8(14)5-10;3-2(4,5)1(6)7/h6H,2-5,10H2,1H3,(H2,11,13)(H,12,14);(H,6,7)/t6-;/m0./s1. The van der Waals surface area contributed by atoms with Gasteiger partial charge in [-0.1, -0.05) is 0 Å². The summed E-state index contributed by atoms with van der Waals surface area (Å²) in [4.78, 5) is 41.9. The van der Waals surface area contributed by atoms with E-state index >= 15 is 0 Å². The number of esters is 1. The van der Waals surface area contributed by atoms with E-state index in [0.717, 1.165) is 0 Å². The van der Waals surface area contributed by atoms with Gasteiger partial charge in [0.25, 0.3) is 0 Å². The number of amides is 2. The summed E-state index contributed by atoms with van der Waals surface area (Å²) < 4.78 is 36.5. The Kier molecular flexibility index (Phi) is 11.2. The van der Waals surface area contributed by atoms with E-state index in [1.54, 1.807) is 6.92 Å². The maximum Gasteiger partial charge on any atom is 0.490 e. The van der Waals surface area contributed by atoms with Crippen LogP contribution in [0.1, 0.15) is 19.8 Å². The van der Waals surface area contributed by atoms with Crippen LogP contribution in [0.3, 0.4) is 0 Å². The summed E-state index contributed by atoms with van der Waals surface area (Å²) in [6.45, 7) is 1.62. The van der Waals surface area contributed by atoms with Gasteiger partial charge in [0.2, 0.25) is 11.8 Å². The average molecular weight is 345 g/mol. The molecule has 0 bridgehead atoms. The Bertz CT molecular complexity index is 428. The van der Waals surface area contributed by atoms with Crippen LogP contribution in [0.15, 0.2) is 0 Å². The molecule has 0 heterocycles. The number of nitrogens with two attached hydrogens (primary N) is 2. The molecule has 0 aliphatic rings. The molecule has 0 rings (SSSR count). The number of rotatable bonds is 7. The number of carbonyl (C=O) groups excluding carboxylic acids is 3. The predicted octanol–water partition coefficient (Wildman–Crippen LogP) is -1.11. The molecule has 12 heteroatoms. The summed E-state index contributed by atoms with van der Waals surface area (Å²) in [5.74, 6) is -4.38. The van der Waals surface area contributed by atoms with Crippen molar-refractivity contribution >= 4 is 23.8 Å². The molecule has 0 aromatic heterocycles. The second-order valence-electron chi connectivity index (χ2n) is 3.88. The third-order valence-corrected chi connectivity index (χ3v) is 2.01. The number of carboxylic acids is 1. The van der Waals surface area contributed by atoms with Gasteiger partial charge in [-0.2, -0.15) is 13.2 Å². The Morgan fingerprint density at radius 3 is 2.04 bits per heavy atom. The number of ether oxygens (including phenoxy) is 1. The summed E-state index contributed by atoms with van der Waals surface area (Å²) in [5.41, 5.74) is 10.0. The maximum atomic E-state index is 11.4. The number of aliphatic carboxylic acids is 1. The summed E-state index contributed by atoms with van der Waals surface area (Å²) in [6, 6.07) is -0.872. The molecule has 1 atom stereocenters. The number of hydrogen-bond donors (Lipinski definition) is 4. The smallest absolute Gasteiger partial charge is 0.475 e. The minimum absolute atomic E-state index is 0.00562. The van der Waals surface area contributed by atoms with Crippen LogP contribution in [0.4, 0.5) is 13.2 Å². The number of carboxylic acid groups (broad SMARTS) is 1. The third-order valence-electron chi connectivity index (χ3n) is 2.01. The molecule has 134 valence electrons. The van der Waals surface area contributed by atoms with E-state index in [1.165, 1.54) is 0 Å². The number of nitrogens with one attached hydrogen (secondary N) is 1. The van der Waals surface area contributed by atoms with Crippen LogP contribution in [0.5, 0.6) is 0 Å². The minimum atomic E-state index is -5.08. The van der Waals surface area contributed by atoms with Crippen LogP contribution < -0.4 is 16.8 Å². The van der Waals surface area contributed by atoms with Gasteiger partial charge < -0.3 is 26.6 Å². The zero-order valence-electron chi connectivity index (χ0n) is 12.2. The van der Waals surface area contributed by atoms with E-state index in [-0.39, 0.29) is 26.0 Å². The fraction of sp³-hybridized carbons (Fsp3) is 0.636. The molecular weight excluding hydrogens is 327 g/mol. The number of primary amides is 1. The highest BCUT2D eigenvalue weighted by Crippen LogP contribution is 2.13. The van der Waals surface area contributed by atoms with Gasteiger partial charge in [0, 0.05) is 6.42 Å². The van der Waals surface area contributed by atoms with E-state index in [9.17, 15) is 27.6 Å². The van der Waals surface area contributed by atoms with Crippen molar-refractivity contribution in [3.05, 3.63) is 0 Å². The van der Waals surface area contributed by atoms with Gasteiger partial charge in [-0.3, -0.25) is 9.59 Å². The van der Waals surface area contributed by atoms with Crippen molar-refractivity contribution in [1.82, 2.24) is 5.32 Å². The molecule has 6 N–H and O–H groups in total. The van der Waals surface area contributed by atoms with E-state index in [2.05, 4.69) is 5.32 Å². The van der Waals surface area contributed by atoms with Crippen molar-refractivity contribution in [3.63, 3.8) is 0 Å². The largest absolute Gasteiger partial charge is 0.490 e. The van der Waals surface area contributed by atoms with Crippen LogP contribution in [0.25, 0.3) is 0 Å². The lowest BCUT2D eigenvalue weighted by Gasteiger charge is -2.15. The van der Waals surface area contributed by atoms with Gasteiger partial charge in [-0.15, -0.1) is 0 Å². The molecule has 0 aromatic rings. The molecule has 0 aliphatic heterocycles. The first-order valence-electron chi connectivity index (χ1n) is 6.20. The van der Waals surface area contributed by atoms with Gasteiger partial charge in [-0.05, 0) is 13.3 Å². The molecular formula is C11H18F3N3O6. The Hall–Kier alpha value is -2.37. The quantitative estimate of drug-likeness (QED) is 0.425. The van der Waals surface area contributed by atoms with Gasteiger partial charge >= 0.3 is 18.1 Å². The molecule has 0 aliphatic carbocycles. The predicted molar refractivity (Wildman–Crippen MR) is 69.7 cm³/mol. The second kappa shape index (κ2) is 11.2. The SMILES string of the molecule is CCOC(=O)[C@H](CCC(N)=O)NC(=O)CN.O=C(O)C(F)(F)F. The number of alkyl halides is 3. The Morgan fingerprint density at radius 1 is 1.26 bits per heavy atom. The van der Waals surface area contributed by atoms with Crippen LogP contribution >= 0.6 is 0 Å². The first-order valence-corrected chi connectivity index (χ1v) is 6.20. The molecule has 0 unspecified atom stereocenters. The minimum Gasteiger partial charge on any atom is -0.475 e. The normalized spacial score (nSPS) is 11.5. The third kappa shape index (κ3) is 13.0. The highest BCUT2D eigenvalue weighted by atomic mass is 19.4. The molecule has 0 aromatic carbocycles.